The Kier molecular flexibility index (Phi) is 9.66. The first kappa shape index (κ1) is 26.0. The lowest BCUT2D eigenvalue weighted by Gasteiger charge is -2.40. The van der Waals surface area contributed by atoms with Crippen LogP contribution >= 0.6 is 24.8 Å². The summed E-state index contributed by atoms with van der Waals surface area (Å²) >= 11 is 0. The maximum absolute atomic E-state index is 10.7. The number of hydrogen-bond donors (Lipinski definition) is 2. The van der Waals surface area contributed by atoms with Gasteiger partial charge in [0, 0.05) is 25.1 Å². The molecule has 2 aliphatic rings. The van der Waals surface area contributed by atoms with E-state index < -0.39 is 0 Å². The molecule has 172 valence electrons. The molecule has 0 aliphatic carbocycles. The molecule has 2 aromatic rings. The van der Waals surface area contributed by atoms with Gasteiger partial charge in [0.15, 0.2) is 0 Å². The van der Waals surface area contributed by atoms with Crippen LogP contribution < -0.4 is 5.32 Å². The molecule has 0 saturated carbocycles. The number of benzene rings is 2. The third-order valence-electron chi connectivity index (χ3n) is 6.69. The summed E-state index contributed by atoms with van der Waals surface area (Å²) in [4.78, 5) is 2.56. The van der Waals surface area contributed by atoms with Gasteiger partial charge in [-0.2, -0.15) is 0 Å². The first-order valence-electron chi connectivity index (χ1n) is 10.9. The fraction of sp³-hybridized carbons (Fsp3) is 0.520. The summed E-state index contributed by atoms with van der Waals surface area (Å²) in [7, 11) is 1.96. The van der Waals surface area contributed by atoms with Gasteiger partial charge in [-0.3, -0.25) is 4.90 Å². The molecule has 2 heterocycles. The van der Waals surface area contributed by atoms with Crippen LogP contribution in [-0.2, 0) is 17.7 Å². The molecule has 0 bridgehead atoms. The number of nitrogens with zero attached hydrogens (tertiary/aromatic N) is 1. The number of rotatable bonds is 5. The Morgan fingerprint density at radius 3 is 2.35 bits per heavy atom. The summed E-state index contributed by atoms with van der Waals surface area (Å²) in [6.07, 6.45) is 3.35. The number of nitrogens with one attached hydrogen (secondary N) is 1. The minimum absolute atomic E-state index is 0. The molecule has 31 heavy (non-hydrogen) atoms. The van der Waals surface area contributed by atoms with Gasteiger partial charge in [0.25, 0.3) is 0 Å². The van der Waals surface area contributed by atoms with Gasteiger partial charge in [0.2, 0.25) is 0 Å². The molecule has 0 spiro atoms. The molecular formula is C25H36Cl2N2O2. The minimum atomic E-state index is 0. The van der Waals surface area contributed by atoms with E-state index in [9.17, 15) is 5.11 Å². The van der Waals surface area contributed by atoms with E-state index in [2.05, 4.69) is 47.5 Å². The van der Waals surface area contributed by atoms with Crippen molar-refractivity contribution in [2.45, 2.75) is 51.9 Å². The molecule has 2 atom stereocenters. The van der Waals surface area contributed by atoms with Crippen LogP contribution in [0.4, 0.5) is 0 Å². The molecule has 0 radical (unpaired) electrons. The lowest BCUT2D eigenvalue weighted by Crippen LogP contribution is -2.42. The van der Waals surface area contributed by atoms with E-state index in [1.165, 1.54) is 11.1 Å². The Morgan fingerprint density at radius 2 is 1.71 bits per heavy atom. The standard InChI is InChI=1S/C25H34N2O2.2ClH/c1-17-4-7-19(8-5-17)16-27-12-10-20(11-13-27)23-14-22-21(24(29-23)15-26-3)9-6-18(2)25(22)28;;/h4-9,20,23-24,26,28H,10-16H2,1-3H3;2*1H/t23-,24-;;/m0../s1. The number of fused-ring (bicyclic) bond motifs is 1. The summed E-state index contributed by atoms with van der Waals surface area (Å²) in [6.45, 7) is 8.15. The fourth-order valence-electron chi connectivity index (χ4n) is 4.87. The number of aromatic hydroxyl groups is 1. The van der Waals surface area contributed by atoms with Gasteiger partial charge in [-0.15, -0.1) is 24.8 Å². The summed E-state index contributed by atoms with van der Waals surface area (Å²) in [5, 5.41) is 13.9. The van der Waals surface area contributed by atoms with Gasteiger partial charge in [-0.1, -0.05) is 42.0 Å². The Morgan fingerprint density at radius 1 is 1.03 bits per heavy atom. The van der Waals surface area contributed by atoms with E-state index in [1.54, 1.807) is 0 Å². The third-order valence-corrected chi connectivity index (χ3v) is 6.69. The number of phenols is 1. The average molecular weight is 467 g/mol. The molecular weight excluding hydrogens is 431 g/mol. The number of aryl methyl sites for hydroxylation is 2. The zero-order chi connectivity index (χ0) is 20.4. The van der Waals surface area contributed by atoms with E-state index in [-0.39, 0.29) is 37.0 Å². The second-order valence-electron chi connectivity index (χ2n) is 8.82. The van der Waals surface area contributed by atoms with Crippen molar-refractivity contribution in [1.29, 1.82) is 0 Å². The highest BCUT2D eigenvalue weighted by atomic mass is 35.5. The van der Waals surface area contributed by atoms with Crippen molar-refractivity contribution in [3.63, 3.8) is 0 Å². The Labute approximate surface area is 199 Å². The van der Waals surface area contributed by atoms with E-state index in [0.29, 0.717) is 11.7 Å². The van der Waals surface area contributed by atoms with Crippen molar-refractivity contribution in [2.24, 2.45) is 5.92 Å². The van der Waals surface area contributed by atoms with Gasteiger partial charge in [0.1, 0.15) is 5.75 Å². The monoisotopic (exact) mass is 466 g/mol. The van der Waals surface area contributed by atoms with Crippen LogP contribution in [0.5, 0.6) is 5.75 Å². The molecule has 2 aliphatic heterocycles. The maximum Gasteiger partial charge on any atom is 0.122 e. The second kappa shape index (κ2) is 11.5. The van der Waals surface area contributed by atoms with Crippen LogP contribution in [-0.4, -0.2) is 42.8 Å². The Hall–Kier alpha value is -1.30. The topological polar surface area (TPSA) is 44.7 Å². The van der Waals surface area contributed by atoms with E-state index in [4.69, 9.17) is 4.74 Å². The number of phenolic OH excluding ortho intramolecular Hbond substituents is 1. The highest BCUT2D eigenvalue weighted by Gasteiger charge is 2.35. The normalized spacial score (nSPS) is 21.6. The smallest absolute Gasteiger partial charge is 0.122 e. The van der Waals surface area contributed by atoms with Gasteiger partial charge in [-0.05, 0) is 69.4 Å². The number of halogens is 2. The predicted octanol–water partition coefficient (Wildman–Crippen LogP) is 4.97. The largest absolute Gasteiger partial charge is 0.507 e. The number of likely N-dealkylation sites (tertiary alicyclic amines) is 1. The summed E-state index contributed by atoms with van der Waals surface area (Å²) < 4.78 is 6.56. The molecule has 6 heteroatoms. The molecule has 0 unspecified atom stereocenters. The average Bonchev–Trinajstić information content (AvgIpc) is 2.73. The van der Waals surface area contributed by atoms with Gasteiger partial charge in [-0.25, -0.2) is 0 Å². The molecule has 1 saturated heterocycles. The lowest BCUT2D eigenvalue weighted by molar-refractivity contribution is -0.0674. The SMILES string of the molecule is CNC[C@@H]1O[C@H](C2CCN(Cc3ccc(C)cc3)CC2)Cc2c1ccc(C)c2O.Cl.Cl. The third kappa shape index (κ3) is 5.94. The number of piperidine rings is 1. The van der Waals surface area contributed by atoms with Crippen molar-refractivity contribution in [1.82, 2.24) is 10.2 Å². The number of ether oxygens (including phenoxy) is 1. The molecule has 2 N–H and O–H groups in total. The molecule has 0 aromatic heterocycles. The van der Waals surface area contributed by atoms with E-state index >= 15 is 0 Å². The maximum atomic E-state index is 10.7. The number of hydrogen-bond acceptors (Lipinski definition) is 4. The van der Waals surface area contributed by atoms with Crippen LogP contribution in [0.2, 0.25) is 0 Å². The molecule has 4 rings (SSSR count). The van der Waals surface area contributed by atoms with Crippen molar-refractivity contribution in [2.75, 3.05) is 26.7 Å². The summed E-state index contributed by atoms with van der Waals surface area (Å²) in [6, 6.07) is 13.0. The zero-order valence-corrected chi connectivity index (χ0v) is 20.4. The van der Waals surface area contributed by atoms with E-state index in [0.717, 1.165) is 62.1 Å². The second-order valence-corrected chi connectivity index (χ2v) is 8.82. The number of likely N-dealkylation sites (N-methyl/N-ethyl adjacent to an activating group) is 1. The van der Waals surface area contributed by atoms with Crippen LogP contribution in [0, 0.1) is 19.8 Å². The fourth-order valence-corrected chi connectivity index (χ4v) is 4.87. The summed E-state index contributed by atoms with van der Waals surface area (Å²) in [5.41, 5.74) is 5.92. The van der Waals surface area contributed by atoms with Crippen molar-refractivity contribution >= 4 is 24.8 Å². The quantitative estimate of drug-likeness (QED) is 0.652. The van der Waals surface area contributed by atoms with E-state index in [1.807, 2.05) is 20.0 Å². The van der Waals surface area contributed by atoms with Gasteiger partial charge in [0.05, 0.1) is 12.2 Å². The van der Waals surface area contributed by atoms with Crippen LogP contribution in [0.15, 0.2) is 36.4 Å². The highest BCUT2D eigenvalue weighted by molar-refractivity contribution is 5.85. The van der Waals surface area contributed by atoms with Crippen LogP contribution in [0.3, 0.4) is 0 Å². The van der Waals surface area contributed by atoms with Crippen LogP contribution in [0.25, 0.3) is 0 Å². The van der Waals surface area contributed by atoms with Gasteiger partial charge >= 0.3 is 0 Å². The van der Waals surface area contributed by atoms with Crippen LogP contribution in [0.1, 0.15) is 46.8 Å². The van der Waals surface area contributed by atoms with Gasteiger partial charge < -0.3 is 15.2 Å². The zero-order valence-electron chi connectivity index (χ0n) is 18.8. The summed E-state index contributed by atoms with van der Waals surface area (Å²) in [5.74, 6) is 1.02. The Bertz CT molecular complexity index is 836. The predicted molar refractivity (Wildman–Crippen MR) is 132 cm³/mol. The van der Waals surface area contributed by atoms with Crippen molar-refractivity contribution in [3.05, 3.63) is 64.2 Å². The highest BCUT2D eigenvalue weighted by Crippen LogP contribution is 2.40. The van der Waals surface area contributed by atoms with Crippen molar-refractivity contribution in [3.8, 4) is 5.75 Å². The lowest BCUT2D eigenvalue weighted by atomic mass is 9.83. The molecule has 0 amide bonds. The first-order valence-corrected chi connectivity index (χ1v) is 10.9. The Balaban J connectivity index is 0.00000171. The molecule has 1 fully saturated rings. The van der Waals surface area contributed by atoms with Crippen molar-refractivity contribution < 1.29 is 9.84 Å². The molecule has 2 aromatic carbocycles. The minimum Gasteiger partial charge on any atom is -0.507 e. The molecule has 4 nitrogen and oxygen atoms in total. The first-order chi connectivity index (χ1) is 14.0.